The lowest BCUT2D eigenvalue weighted by molar-refractivity contribution is -0.352. The molecule has 60 valence electrons. The highest BCUT2D eigenvalue weighted by atomic mass is 127. The minimum Gasteiger partial charge on any atom is -1.00 e. The highest BCUT2D eigenvalue weighted by Gasteiger charge is 1.79. The third kappa shape index (κ3) is 4.16. The summed E-state index contributed by atoms with van der Waals surface area (Å²) in [5, 5.41) is 0. The van der Waals surface area contributed by atoms with Gasteiger partial charge in [-0.05, 0) is 11.6 Å². The second-order valence-electron chi connectivity index (χ2n) is 2.10. The molecule has 0 aliphatic rings. The minimum atomic E-state index is 0. The molecule has 0 saturated heterocycles. The lowest BCUT2D eigenvalue weighted by Crippen LogP contribution is -3.00. The van der Waals surface area contributed by atoms with Crippen molar-refractivity contribution >= 4 is 6.08 Å². The Balaban J connectivity index is 0.000001000. The molecule has 0 fully saturated rings. The SMILES string of the molecule is [I-].[NH3+]CC=Cc1ccccc1. The van der Waals surface area contributed by atoms with E-state index < -0.39 is 0 Å². The maximum absolute atomic E-state index is 3.71. The Kier molecular flexibility index (Phi) is 6.16. The summed E-state index contributed by atoms with van der Waals surface area (Å²) in [6.07, 6.45) is 4.13. The monoisotopic (exact) mass is 261 g/mol. The van der Waals surface area contributed by atoms with Crippen LogP contribution in [0.5, 0.6) is 0 Å². The summed E-state index contributed by atoms with van der Waals surface area (Å²) in [4.78, 5) is 0. The minimum absolute atomic E-state index is 0. The van der Waals surface area contributed by atoms with Crippen LogP contribution in [-0.2, 0) is 0 Å². The predicted octanol–water partition coefficient (Wildman–Crippen LogP) is -2.05. The van der Waals surface area contributed by atoms with Gasteiger partial charge in [0.25, 0.3) is 0 Å². The Hall–Kier alpha value is -0.350. The fraction of sp³-hybridized carbons (Fsp3) is 0.111. The summed E-state index contributed by atoms with van der Waals surface area (Å²) >= 11 is 0. The van der Waals surface area contributed by atoms with E-state index in [1.54, 1.807) is 0 Å². The molecule has 0 heterocycles. The van der Waals surface area contributed by atoms with Crippen LogP contribution in [-0.4, -0.2) is 6.54 Å². The van der Waals surface area contributed by atoms with Gasteiger partial charge < -0.3 is 29.7 Å². The molecule has 3 N–H and O–H groups in total. The van der Waals surface area contributed by atoms with E-state index in [1.165, 1.54) is 5.56 Å². The molecule has 0 aliphatic heterocycles. The fourth-order valence-electron chi connectivity index (χ4n) is 0.784. The van der Waals surface area contributed by atoms with E-state index >= 15 is 0 Å². The number of halogens is 1. The average molecular weight is 261 g/mol. The van der Waals surface area contributed by atoms with Crippen molar-refractivity contribution in [1.82, 2.24) is 0 Å². The van der Waals surface area contributed by atoms with Crippen LogP contribution in [0.3, 0.4) is 0 Å². The molecule has 0 aliphatic carbocycles. The molecular weight excluding hydrogens is 249 g/mol. The van der Waals surface area contributed by atoms with Crippen molar-refractivity contribution in [2.75, 3.05) is 6.54 Å². The molecule has 0 saturated carbocycles. The molecule has 0 atom stereocenters. The Bertz CT molecular complexity index is 206. The van der Waals surface area contributed by atoms with Gasteiger partial charge in [-0.3, -0.25) is 0 Å². The van der Waals surface area contributed by atoms with E-state index in [2.05, 4.69) is 30.0 Å². The normalized spacial score (nSPS) is 9.55. The zero-order valence-corrected chi connectivity index (χ0v) is 8.49. The van der Waals surface area contributed by atoms with Gasteiger partial charge in [0, 0.05) is 0 Å². The van der Waals surface area contributed by atoms with E-state index in [1.807, 2.05) is 18.2 Å². The van der Waals surface area contributed by atoms with Gasteiger partial charge in [0.2, 0.25) is 0 Å². The molecule has 1 rings (SSSR count). The second-order valence-corrected chi connectivity index (χ2v) is 2.10. The highest BCUT2D eigenvalue weighted by Crippen LogP contribution is 1.99. The quantitative estimate of drug-likeness (QED) is 0.593. The molecule has 0 unspecified atom stereocenters. The van der Waals surface area contributed by atoms with E-state index in [0.29, 0.717) is 0 Å². The topological polar surface area (TPSA) is 27.6 Å². The molecule has 0 radical (unpaired) electrons. The van der Waals surface area contributed by atoms with E-state index in [-0.39, 0.29) is 24.0 Å². The number of hydrogen-bond donors (Lipinski definition) is 1. The maximum Gasteiger partial charge on any atom is 0.0930 e. The Morgan fingerprint density at radius 1 is 1.18 bits per heavy atom. The molecule has 0 spiro atoms. The first-order chi connectivity index (χ1) is 4.93. The Labute approximate surface area is 84.3 Å². The van der Waals surface area contributed by atoms with Gasteiger partial charge in [0.15, 0.2) is 0 Å². The molecule has 0 aromatic heterocycles. The van der Waals surface area contributed by atoms with Crippen molar-refractivity contribution in [3.8, 4) is 0 Å². The average Bonchev–Trinajstić information content (AvgIpc) is 2.03. The molecule has 11 heavy (non-hydrogen) atoms. The number of rotatable bonds is 2. The first-order valence-electron chi connectivity index (χ1n) is 3.44. The highest BCUT2D eigenvalue weighted by molar-refractivity contribution is 5.48. The van der Waals surface area contributed by atoms with Crippen molar-refractivity contribution in [2.45, 2.75) is 0 Å². The molecule has 1 aromatic carbocycles. The van der Waals surface area contributed by atoms with Crippen molar-refractivity contribution < 1.29 is 29.7 Å². The van der Waals surface area contributed by atoms with Crippen LogP contribution >= 0.6 is 0 Å². The molecular formula is C9H12IN. The maximum atomic E-state index is 3.71. The zero-order valence-electron chi connectivity index (χ0n) is 6.33. The van der Waals surface area contributed by atoms with Gasteiger partial charge in [0.05, 0.1) is 6.54 Å². The van der Waals surface area contributed by atoms with Crippen LogP contribution in [0, 0.1) is 0 Å². The van der Waals surface area contributed by atoms with Crippen LogP contribution < -0.4 is 29.7 Å². The standard InChI is InChI=1S/C9H11N.HI/c10-8-4-7-9-5-2-1-3-6-9;/h1-7H,8,10H2;1H. The van der Waals surface area contributed by atoms with Gasteiger partial charge in [-0.2, -0.15) is 0 Å². The summed E-state index contributed by atoms with van der Waals surface area (Å²) in [6.45, 7) is 0.856. The van der Waals surface area contributed by atoms with Crippen LogP contribution in [0.1, 0.15) is 5.56 Å². The lowest BCUT2D eigenvalue weighted by atomic mass is 10.2. The third-order valence-corrected chi connectivity index (χ3v) is 1.28. The van der Waals surface area contributed by atoms with Crippen LogP contribution in [0.4, 0.5) is 0 Å². The fourth-order valence-corrected chi connectivity index (χ4v) is 0.784. The van der Waals surface area contributed by atoms with Crippen molar-refractivity contribution in [2.24, 2.45) is 0 Å². The number of benzene rings is 1. The van der Waals surface area contributed by atoms with Gasteiger partial charge >= 0.3 is 0 Å². The van der Waals surface area contributed by atoms with Crippen molar-refractivity contribution in [3.63, 3.8) is 0 Å². The third-order valence-electron chi connectivity index (χ3n) is 1.28. The van der Waals surface area contributed by atoms with Gasteiger partial charge in [-0.1, -0.05) is 36.4 Å². The van der Waals surface area contributed by atoms with Gasteiger partial charge in [0.1, 0.15) is 0 Å². The molecule has 0 amide bonds. The molecule has 0 bridgehead atoms. The van der Waals surface area contributed by atoms with Crippen LogP contribution in [0.25, 0.3) is 6.08 Å². The summed E-state index contributed by atoms with van der Waals surface area (Å²) in [6, 6.07) is 10.2. The summed E-state index contributed by atoms with van der Waals surface area (Å²) in [5.74, 6) is 0. The lowest BCUT2D eigenvalue weighted by Gasteiger charge is -1.87. The Morgan fingerprint density at radius 2 is 1.82 bits per heavy atom. The summed E-state index contributed by atoms with van der Waals surface area (Å²) in [7, 11) is 0. The van der Waals surface area contributed by atoms with Crippen molar-refractivity contribution in [3.05, 3.63) is 42.0 Å². The first-order valence-corrected chi connectivity index (χ1v) is 3.44. The van der Waals surface area contributed by atoms with E-state index in [0.717, 1.165) is 6.54 Å². The van der Waals surface area contributed by atoms with E-state index in [4.69, 9.17) is 0 Å². The molecule has 1 nitrogen and oxygen atoms in total. The first kappa shape index (κ1) is 10.7. The smallest absolute Gasteiger partial charge is 0.0930 e. The van der Waals surface area contributed by atoms with Crippen LogP contribution in [0.15, 0.2) is 36.4 Å². The largest absolute Gasteiger partial charge is 1.00 e. The number of hydrogen-bond acceptors (Lipinski definition) is 0. The predicted molar refractivity (Wildman–Crippen MR) is 43.2 cm³/mol. The second kappa shape index (κ2) is 6.37. The molecule has 2 heteroatoms. The summed E-state index contributed by atoms with van der Waals surface area (Å²) < 4.78 is 0. The van der Waals surface area contributed by atoms with Gasteiger partial charge in [-0.25, -0.2) is 0 Å². The van der Waals surface area contributed by atoms with Crippen molar-refractivity contribution in [1.29, 1.82) is 0 Å². The number of quaternary nitrogens is 1. The van der Waals surface area contributed by atoms with Gasteiger partial charge in [-0.15, -0.1) is 0 Å². The molecule has 1 aromatic rings. The zero-order chi connectivity index (χ0) is 7.23. The Morgan fingerprint density at radius 3 is 2.36 bits per heavy atom. The van der Waals surface area contributed by atoms with Crippen LogP contribution in [0.2, 0.25) is 0 Å². The summed E-state index contributed by atoms with van der Waals surface area (Å²) in [5.41, 5.74) is 4.96. The van der Waals surface area contributed by atoms with E-state index in [9.17, 15) is 0 Å².